The number of carbonyl (C=O) groups is 1. The summed E-state index contributed by atoms with van der Waals surface area (Å²) in [5.74, 6) is 0.169. The average molecular weight is 241 g/mol. The molecule has 0 fully saturated rings. The normalized spacial score (nSPS) is 12.2. The second-order valence-electron chi connectivity index (χ2n) is 4.05. The highest BCUT2D eigenvalue weighted by atomic mass is 35.5. The molecule has 3 nitrogen and oxygen atoms in total. The van der Waals surface area contributed by atoms with Crippen molar-refractivity contribution >= 4 is 23.2 Å². The Morgan fingerprint density at radius 2 is 2.25 bits per heavy atom. The van der Waals surface area contributed by atoms with Crippen molar-refractivity contribution in [2.45, 2.75) is 20.3 Å². The minimum Gasteiger partial charge on any atom is -0.330 e. The summed E-state index contributed by atoms with van der Waals surface area (Å²) in [6.45, 7) is 4.39. The lowest BCUT2D eigenvalue weighted by molar-refractivity contribution is -0.116. The second kappa shape index (κ2) is 5.87. The maximum absolute atomic E-state index is 11.6. The van der Waals surface area contributed by atoms with Crippen LogP contribution in [-0.4, -0.2) is 12.5 Å². The molecule has 16 heavy (non-hydrogen) atoms. The van der Waals surface area contributed by atoms with E-state index in [2.05, 4.69) is 5.32 Å². The highest BCUT2D eigenvalue weighted by Crippen LogP contribution is 2.20. The first kappa shape index (κ1) is 13.0. The molecule has 1 rings (SSSR count). The zero-order valence-corrected chi connectivity index (χ0v) is 10.3. The summed E-state index contributed by atoms with van der Waals surface area (Å²) >= 11 is 5.86. The predicted octanol–water partition coefficient (Wildman–Crippen LogP) is 2.57. The summed E-state index contributed by atoms with van der Waals surface area (Å²) in [5, 5.41) is 3.46. The molecule has 0 bridgehead atoms. The van der Waals surface area contributed by atoms with Gasteiger partial charge in [-0.2, -0.15) is 0 Å². The molecule has 0 aromatic heterocycles. The molecule has 0 saturated heterocycles. The number of nitrogens with one attached hydrogen (secondary N) is 1. The van der Waals surface area contributed by atoms with Crippen molar-refractivity contribution in [3.05, 3.63) is 28.8 Å². The molecule has 0 saturated carbocycles. The number of carbonyl (C=O) groups excluding carboxylic acids is 1. The number of hydrogen-bond acceptors (Lipinski definition) is 2. The molecule has 1 amide bonds. The molecule has 0 aliphatic heterocycles. The van der Waals surface area contributed by atoms with Crippen LogP contribution in [0.1, 0.15) is 18.9 Å². The van der Waals surface area contributed by atoms with Gasteiger partial charge in [-0.3, -0.25) is 4.79 Å². The van der Waals surface area contributed by atoms with Gasteiger partial charge in [0.05, 0.1) is 0 Å². The topological polar surface area (TPSA) is 55.1 Å². The van der Waals surface area contributed by atoms with Crippen LogP contribution in [0, 0.1) is 12.8 Å². The Balaban J connectivity index is 2.65. The van der Waals surface area contributed by atoms with Crippen LogP contribution in [-0.2, 0) is 4.79 Å². The van der Waals surface area contributed by atoms with E-state index in [1.807, 2.05) is 19.9 Å². The molecule has 0 heterocycles. The summed E-state index contributed by atoms with van der Waals surface area (Å²) in [6.07, 6.45) is 0.433. The van der Waals surface area contributed by atoms with Crippen LogP contribution in [0.4, 0.5) is 5.69 Å². The summed E-state index contributed by atoms with van der Waals surface area (Å²) in [6, 6.07) is 5.43. The van der Waals surface area contributed by atoms with E-state index < -0.39 is 0 Å². The van der Waals surface area contributed by atoms with E-state index in [1.54, 1.807) is 12.1 Å². The predicted molar refractivity (Wildman–Crippen MR) is 67.7 cm³/mol. The van der Waals surface area contributed by atoms with Crippen LogP contribution in [0.3, 0.4) is 0 Å². The molecule has 1 aromatic carbocycles. The molecule has 0 aliphatic rings. The van der Waals surface area contributed by atoms with Crippen molar-refractivity contribution in [3.8, 4) is 0 Å². The summed E-state index contributed by atoms with van der Waals surface area (Å²) in [7, 11) is 0. The van der Waals surface area contributed by atoms with E-state index in [9.17, 15) is 4.79 Å². The smallest absolute Gasteiger partial charge is 0.224 e. The number of amides is 1. The number of nitrogens with two attached hydrogens (primary N) is 1. The summed E-state index contributed by atoms with van der Waals surface area (Å²) in [5.41, 5.74) is 7.23. The highest BCUT2D eigenvalue weighted by Gasteiger charge is 2.09. The van der Waals surface area contributed by atoms with Gasteiger partial charge in [0.15, 0.2) is 0 Å². The van der Waals surface area contributed by atoms with Crippen molar-refractivity contribution in [1.82, 2.24) is 0 Å². The fourth-order valence-electron chi connectivity index (χ4n) is 1.33. The Hall–Kier alpha value is -1.06. The first-order valence-electron chi connectivity index (χ1n) is 5.29. The molecule has 0 aliphatic carbocycles. The maximum Gasteiger partial charge on any atom is 0.224 e. The Kier molecular flexibility index (Phi) is 4.77. The van der Waals surface area contributed by atoms with Gasteiger partial charge in [0.2, 0.25) is 5.91 Å². The van der Waals surface area contributed by atoms with E-state index in [1.165, 1.54) is 0 Å². The quantitative estimate of drug-likeness (QED) is 0.850. The van der Waals surface area contributed by atoms with Crippen molar-refractivity contribution in [2.75, 3.05) is 11.9 Å². The minimum atomic E-state index is -0.0247. The van der Waals surface area contributed by atoms with Crippen molar-refractivity contribution in [1.29, 1.82) is 0 Å². The zero-order valence-electron chi connectivity index (χ0n) is 9.59. The first-order valence-corrected chi connectivity index (χ1v) is 5.66. The van der Waals surface area contributed by atoms with Gasteiger partial charge >= 0.3 is 0 Å². The lowest BCUT2D eigenvalue weighted by Gasteiger charge is -2.11. The first-order chi connectivity index (χ1) is 7.52. The van der Waals surface area contributed by atoms with E-state index >= 15 is 0 Å². The van der Waals surface area contributed by atoms with Crippen molar-refractivity contribution < 1.29 is 4.79 Å². The second-order valence-corrected chi connectivity index (χ2v) is 4.49. The summed E-state index contributed by atoms with van der Waals surface area (Å²) < 4.78 is 0. The number of aryl methyl sites for hydroxylation is 1. The third kappa shape index (κ3) is 3.83. The van der Waals surface area contributed by atoms with Crippen LogP contribution in [0.5, 0.6) is 0 Å². The van der Waals surface area contributed by atoms with E-state index in [-0.39, 0.29) is 11.8 Å². The molecule has 4 heteroatoms. The maximum atomic E-state index is 11.6. The average Bonchev–Trinajstić information content (AvgIpc) is 2.23. The fourth-order valence-corrected chi connectivity index (χ4v) is 1.50. The third-order valence-corrected chi connectivity index (χ3v) is 2.65. The van der Waals surface area contributed by atoms with Crippen LogP contribution < -0.4 is 11.1 Å². The number of anilines is 1. The number of rotatable bonds is 4. The third-order valence-electron chi connectivity index (χ3n) is 2.41. The van der Waals surface area contributed by atoms with Gasteiger partial charge < -0.3 is 11.1 Å². The van der Waals surface area contributed by atoms with Crippen LogP contribution >= 0.6 is 11.6 Å². The van der Waals surface area contributed by atoms with Gasteiger partial charge in [-0.05, 0) is 37.1 Å². The minimum absolute atomic E-state index is 0.0247. The molecule has 1 atom stereocenters. The van der Waals surface area contributed by atoms with Crippen molar-refractivity contribution in [3.63, 3.8) is 0 Å². The molecule has 3 N–H and O–H groups in total. The van der Waals surface area contributed by atoms with Gasteiger partial charge in [-0.15, -0.1) is 0 Å². The van der Waals surface area contributed by atoms with Crippen molar-refractivity contribution in [2.24, 2.45) is 11.7 Å². The van der Waals surface area contributed by atoms with E-state index in [0.29, 0.717) is 18.0 Å². The summed E-state index contributed by atoms with van der Waals surface area (Å²) in [4.78, 5) is 11.6. The standard InChI is InChI=1S/C12H17ClN2O/c1-8(7-14)5-12(16)15-11-6-10(13)4-3-9(11)2/h3-4,6,8H,5,7,14H2,1-2H3,(H,15,16). The van der Waals surface area contributed by atoms with Gasteiger partial charge in [0, 0.05) is 17.1 Å². The molecule has 1 unspecified atom stereocenters. The van der Waals surface area contributed by atoms with E-state index in [4.69, 9.17) is 17.3 Å². The molecule has 1 aromatic rings. The zero-order chi connectivity index (χ0) is 12.1. The Morgan fingerprint density at radius 3 is 2.88 bits per heavy atom. The molecular formula is C12H17ClN2O. The molecule has 0 radical (unpaired) electrons. The highest BCUT2D eigenvalue weighted by molar-refractivity contribution is 6.31. The Morgan fingerprint density at radius 1 is 1.56 bits per heavy atom. The van der Waals surface area contributed by atoms with Gasteiger partial charge in [-0.1, -0.05) is 24.6 Å². The number of benzene rings is 1. The number of halogens is 1. The van der Waals surface area contributed by atoms with E-state index in [0.717, 1.165) is 11.3 Å². The Labute approximate surface area is 101 Å². The molecule has 0 spiro atoms. The van der Waals surface area contributed by atoms with Gasteiger partial charge in [0.1, 0.15) is 0 Å². The van der Waals surface area contributed by atoms with Gasteiger partial charge in [0.25, 0.3) is 0 Å². The fraction of sp³-hybridized carbons (Fsp3) is 0.417. The largest absolute Gasteiger partial charge is 0.330 e. The van der Waals surface area contributed by atoms with Crippen LogP contribution in [0.15, 0.2) is 18.2 Å². The SMILES string of the molecule is Cc1ccc(Cl)cc1NC(=O)CC(C)CN. The van der Waals surface area contributed by atoms with Gasteiger partial charge in [-0.25, -0.2) is 0 Å². The monoisotopic (exact) mass is 240 g/mol. The lowest BCUT2D eigenvalue weighted by atomic mass is 10.1. The van der Waals surface area contributed by atoms with Crippen LogP contribution in [0.2, 0.25) is 5.02 Å². The number of hydrogen-bond donors (Lipinski definition) is 2. The van der Waals surface area contributed by atoms with Crippen LogP contribution in [0.25, 0.3) is 0 Å². The molecule has 88 valence electrons. The lowest BCUT2D eigenvalue weighted by Crippen LogP contribution is -2.20. The molecular weight excluding hydrogens is 224 g/mol. The Bertz CT molecular complexity index is 379.